The second-order valence-corrected chi connectivity index (χ2v) is 7.92. The first-order chi connectivity index (χ1) is 14.7. The molecule has 3 rings (SSSR count). The van der Waals surface area contributed by atoms with Crippen molar-refractivity contribution in [3.63, 3.8) is 0 Å². The minimum absolute atomic E-state index is 0.164. The Labute approximate surface area is 178 Å². The van der Waals surface area contributed by atoms with E-state index in [9.17, 15) is 5.11 Å². The van der Waals surface area contributed by atoms with Crippen LogP contribution >= 0.6 is 0 Å². The van der Waals surface area contributed by atoms with Crippen molar-refractivity contribution in [3.05, 3.63) is 30.1 Å². The quantitative estimate of drug-likeness (QED) is 0.371. The molecule has 0 amide bonds. The fraction of sp³-hybridized carbons (Fsp3) is 0.591. The van der Waals surface area contributed by atoms with Gasteiger partial charge >= 0.3 is 0 Å². The molecule has 4 N–H and O–H groups in total. The average molecular weight is 415 g/mol. The molecule has 30 heavy (non-hydrogen) atoms. The average Bonchev–Trinajstić information content (AvgIpc) is 3.26. The number of hydrogen-bond donors (Lipinski definition) is 4. The summed E-state index contributed by atoms with van der Waals surface area (Å²) in [5, 5.41) is 23.6. The first-order valence-electron chi connectivity index (χ1n) is 10.9. The van der Waals surface area contributed by atoms with Crippen molar-refractivity contribution in [2.75, 3.05) is 26.8 Å². The molecule has 1 aliphatic rings. The topological polar surface area (TPSA) is 107 Å². The van der Waals surface area contributed by atoms with Crippen molar-refractivity contribution < 1.29 is 9.84 Å². The van der Waals surface area contributed by atoms with Crippen molar-refractivity contribution in [3.8, 4) is 17.1 Å². The van der Waals surface area contributed by atoms with Crippen LogP contribution in [0.25, 0.3) is 11.4 Å². The minimum Gasteiger partial charge on any atom is -0.497 e. The maximum Gasteiger partial charge on any atom is 0.191 e. The lowest BCUT2D eigenvalue weighted by atomic mass is 9.72. The van der Waals surface area contributed by atoms with Gasteiger partial charge < -0.3 is 20.5 Å². The van der Waals surface area contributed by atoms with Crippen LogP contribution < -0.4 is 15.4 Å². The molecule has 0 spiro atoms. The Morgan fingerprint density at radius 2 is 1.97 bits per heavy atom. The van der Waals surface area contributed by atoms with Gasteiger partial charge in [0.15, 0.2) is 11.8 Å². The second-order valence-electron chi connectivity index (χ2n) is 7.92. The highest BCUT2D eigenvalue weighted by Gasteiger charge is 2.31. The van der Waals surface area contributed by atoms with Gasteiger partial charge in [0, 0.05) is 25.3 Å². The number of aliphatic hydroxyl groups excluding tert-OH is 1. The Morgan fingerprint density at radius 1 is 1.20 bits per heavy atom. The number of methoxy groups -OCH3 is 1. The predicted molar refractivity (Wildman–Crippen MR) is 118 cm³/mol. The van der Waals surface area contributed by atoms with Gasteiger partial charge in [-0.05, 0) is 55.9 Å². The van der Waals surface area contributed by atoms with Gasteiger partial charge in [-0.2, -0.15) is 5.10 Å². The first-order valence-corrected chi connectivity index (χ1v) is 10.9. The lowest BCUT2D eigenvalue weighted by Crippen LogP contribution is -2.45. The van der Waals surface area contributed by atoms with Crippen molar-refractivity contribution in [1.29, 1.82) is 0 Å². The zero-order chi connectivity index (χ0) is 21.2. The summed E-state index contributed by atoms with van der Waals surface area (Å²) in [4.78, 5) is 9.23. The number of aliphatic imine (C=N–C) groups is 1. The fourth-order valence-corrected chi connectivity index (χ4v) is 4.06. The van der Waals surface area contributed by atoms with E-state index in [0.29, 0.717) is 18.2 Å². The summed E-state index contributed by atoms with van der Waals surface area (Å²) in [6.07, 6.45) is 6.93. The van der Waals surface area contributed by atoms with E-state index in [0.717, 1.165) is 49.6 Å². The summed E-state index contributed by atoms with van der Waals surface area (Å²) in [6, 6.07) is 7.66. The maximum absolute atomic E-state index is 9.53. The van der Waals surface area contributed by atoms with Crippen LogP contribution in [0.5, 0.6) is 5.75 Å². The van der Waals surface area contributed by atoms with Crippen LogP contribution in [-0.4, -0.2) is 53.1 Å². The van der Waals surface area contributed by atoms with E-state index >= 15 is 0 Å². The molecule has 1 aliphatic carbocycles. The van der Waals surface area contributed by atoms with Crippen LogP contribution in [-0.2, 0) is 6.54 Å². The number of aliphatic hydroxyl groups is 1. The number of rotatable bonds is 9. The number of guanidine groups is 1. The number of nitrogens with one attached hydrogen (secondary N) is 3. The number of ether oxygens (including phenoxy) is 1. The number of H-pyrrole nitrogens is 1. The van der Waals surface area contributed by atoms with Crippen LogP contribution in [0.2, 0.25) is 0 Å². The van der Waals surface area contributed by atoms with Crippen LogP contribution in [0.3, 0.4) is 0 Å². The number of hydrogen-bond acceptors (Lipinski definition) is 5. The molecule has 8 nitrogen and oxygen atoms in total. The highest BCUT2D eigenvalue weighted by Crippen LogP contribution is 2.38. The van der Waals surface area contributed by atoms with Crippen molar-refractivity contribution in [1.82, 2.24) is 25.8 Å². The Bertz CT molecular complexity index is 791. The summed E-state index contributed by atoms with van der Waals surface area (Å²) in [5.41, 5.74) is 1.09. The number of aromatic amines is 1. The Morgan fingerprint density at radius 3 is 2.63 bits per heavy atom. The molecule has 2 aromatic rings. The van der Waals surface area contributed by atoms with E-state index in [-0.39, 0.29) is 12.0 Å². The molecule has 1 heterocycles. The van der Waals surface area contributed by atoms with Gasteiger partial charge in [-0.1, -0.05) is 19.3 Å². The third-order valence-corrected chi connectivity index (χ3v) is 5.80. The molecular formula is C22H34N6O2. The van der Waals surface area contributed by atoms with E-state index in [2.05, 4.69) is 37.7 Å². The molecule has 0 radical (unpaired) electrons. The molecule has 0 atom stereocenters. The van der Waals surface area contributed by atoms with Gasteiger partial charge in [0.25, 0.3) is 0 Å². The molecule has 1 aromatic carbocycles. The number of nitrogens with zero attached hydrogens (tertiary/aromatic N) is 3. The van der Waals surface area contributed by atoms with Gasteiger partial charge in [-0.3, -0.25) is 5.10 Å². The maximum atomic E-state index is 9.53. The molecule has 1 aromatic heterocycles. The van der Waals surface area contributed by atoms with E-state index in [4.69, 9.17) is 4.74 Å². The molecular weight excluding hydrogens is 380 g/mol. The van der Waals surface area contributed by atoms with Gasteiger partial charge in [-0.25, -0.2) is 9.98 Å². The predicted octanol–water partition coefficient (Wildman–Crippen LogP) is 2.87. The third kappa shape index (κ3) is 5.95. The Balaban J connectivity index is 1.62. The monoisotopic (exact) mass is 414 g/mol. The second kappa shape index (κ2) is 11.0. The highest BCUT2D eigenvalue weighted by atomic mass is 16.5. The molecule has 164 valence electrons. The highest BCUT2D eigenvalue weighted by molar-refractivity contribution is 5.79. The fourth-order valence-electron chi connectivity index (χ4n) is 4.06. The minimum atomic E-state index is 0.164. The van der Waals surface area contributed by atoms with Crippen LogP contribution in [0, 0.1) is 5.41 Å². The van der Waals surface area contributed by atoms with Crippen LogP contribution in [0.15, 0.2) is 29.3 Å². The van der Waals surface area contributed by atoms with Gasteiger partial charge in [0.2, 0.25) is 0 Å². The van der Waals surface area contributed by atoms with Gasteiger partial charge in [0.05, 0.1) is 7.11 Å². The number of aromatic nitrogens is 3. The SMILES string of the molecule is CCNC(=NCc1nc(-c2ccc(OC)cc2)n[nH]1)NCC1(CCO)CCCCC1. The Kier molecular flexibility index (Phi) is 8.07. The number of benzene rings is 1. The summed E-state index contributed by atoms with van der Waals surface area (Å²) < 4.78 is 5.19. The molecule has 1 saturated carbocycles. The van der Waals surface area contributed by atoms with E-state index < -0.39 is 0 Å². The zero-order valence-corrected chi connectivity index (χ0v) is 18.1. The largest absolute Gasteiger partial charge is 0.497 e. The standard InChI is InChI=1S/C22H34N6O2/c1-3-23-21(25-16-22(13-14-29)11-5-4-6-12-22)24-15-19-26-20(28-27-19)17-7-9-18(30-2)10-8-17/h7-10,29H,3-6,11-16H2,1-2H3,(H2,23,24,25)(H,26,27,28). The van der Waals surface area contributed by atoms with E-state index in [1.165, 1.54) is 19.3 Å². The molecule has 0 unspecified atom stereocenters. The summed E-state index contributed by atoms with van der Waals surface area (Å²) in [6.45, 7) is 4.31. The van der Waals surface area contributed by atoms with Gasteiger partial charge in [-0.15, -0.1) is 0 Å². The Hall–Kier alpha value is -2.61. The zero-order valence-electron chi connectivity index (χ0n) is 18.1. The third-order valence-electron chi connectivity index (χ3n) is 5.80. The normalized spacial score (nSPS) is 16.3. The molecule has 8 heteroatoms. The van der Waals surface area contributed by atoms with E-state index in [1.807, 2.05) is 24.3 Å². The van der Waals surface area contributed by atoms with Crippen LogP contribution in [0.4, 0.5) is 0 Å². The lowest BCUT2D eigenvalue weighted by Gasteiger charge is -2.37. The molecule has 1 fully saturated rings. The summed E-state index contributed by atoms with van der Waals surface area (Å²) in [7, 11) is 1.65. The molecule has 0 bridgehead atoms. The van der Waals surface area contributed by atoms with Gasteiger partial charge in [0.1, 0.15) is 18.1 Å². The van der Waals surface area contributed by atoms with E-state index in [1.54, 1.807) is 7.11 Å². The molecule has 0 saturated heterocycles. The molecule has 0 aliphatic heterocycles. The van der Waals surface area contributed by atoms with Crippen LogP contribution in [0.1, 0.15) is 51.3 Å². The van der Waals surface area contributed by atoms with Crippen molar-refractivity contribution in [2.24, 2.45) is 10.4 Å². The lowest BCUT2D eigenvalue weighted by molar-refractivity contribution is 0.131. The van der Waals surface area contributed by atoms with Crippen molar-refractivity contribution in [2.45, 2.75) is 52.0 Å². The van der Waals surface area contributed by atoms with Crippen molar-refractivity contribution >= 4 is 5.96 Å². The first kappa shape index (κ1) is 22.1. The summed E-state index contributed by atoms with van der Waals surface area (Å²) in [5.74, 6) is 2.92. The smallest absolute Gasteiger partial charge is 0.191 e. The summed E-state index contributed by atoms with van der Waals surface area (Å²) >= 11 is 0.